The number of carbonyl (C=O) groups excluding carboxylic acids is 6. The zero-order valence-corrected chi connectivity index (χ0v) is 28.6. The smallest absolute Gasteiger partial charge is 0.338 e. The second kappa shape index (κ2) is 13.4. The number of Topliss-reactive ketones (excluding diaryl/α,β-unsaturated/α-hetero) is 1. The topological polar surface area (TPSA) is 178 Å². The highest BCUT2D eigenvalue weighted by Crippen LogP contribution is 2.68. The van der Waals surface area contributed by atoms with Crippen LogP contribution in [0.15, 0.2) is 66.7 Å². The Kier molecular flexibility index (Phi) is 9.79. The number of ketones is 1. The summed E-state index contributed by atoms with van der Waals surface area (Å²) in [4.78, 5) is 80.3. The second-order valence-corrected chi connectivity index (χ2v) is 13.6. The molecule has 1 heterocycles. The van der Waals surface area contributed by atoms with Gasteiger partial charge in [0, 0.05) is 33.3 Å². The first-order valence-electron chi connectivity index (χ1n) is 16.1. The summed E-state index contributed by atoms with van der Waals surface area (Å²) < 4.78 is 36.0. The van der Waals surface area contributed by atoms with Crippen LogP contribution in [0.1, 0.15) is 63.9 Å². The number of fused-ring (bicyclic) bond motifs is 1. The maximum atomic E-state index is 14.9. The van der Waals surface area contributed by atoms with Gasteiger partial charge in [-0.15, -0.1) is 0 Å². The number of esters is 5. The third kappa shape index (κ3) is 6.20. The predicted molar refractivity (Wildman–Crippen MR) is 173 cm³/mol. The molecule has 13 nitrogen and oxygen atoms in total. The minimum absolute atomic E-state index is 0.0464. The highest BCUT2D eigenvalue weighted by Gasteiger charge is 2.88. The van der Waals surface area contributed by atoms with E-state index in [-0.39, 0.29) is 5.56 Å². The molecular weight excluding hydrogens is 652 g/mol. The summed E-state index contributed by atoms with van der Waals surface area (Å²) in [6, 6.07) is 16.5. The number of benzene rings is 2. The number of hydrogen-bond donors (Lipinski definition) is 1. The van der Waals surface area contributed by atoms with Crippen molar-refractivity contribution in [3.05, 3.63) is 77.9 Å². The van der Waals surface area contributed by atoms with E-state index in [0.29, 0.717) is 5.56 Å². The highest BCUT2D eigenvalue weighted by molar-refractivity contribution is 5.96. The van der Waals surface area contributed by atoms with Gasteiger partial charge in [0.25, 0.3) is 0 Å². The molecule has 1 saturated heterocycles. The molecule has 8 atom stereocenters. The molecule has 2 aliphatic carbocycles. The monoisotopic (exact) mass is 692 g/mol. The molecule has 0 radical (unpaired) electrons. The molecule has 1 aliphatic heterocycles. The molecule has 1 N–H and O–H groups in total. The zero-order chi connectivity index (χ0) is 36.6. The van der Waals surface area contributed by atoms with Gasteiger partial charge in [-0.05, 0) is 44.5 Å². The Morgan fingerprint density at radius 2 is 1.42 bits per heavy atom. The zero-order valence-electron chi connectivity index (χ0n) is 28.6. The van der Waals surface area contributed by atoms with Crippen LogP contribution in [0, 0.1) is 11.3 Å². The maximum Gasteiger partial charge on any atom is 0.338 e. The molecule has 0 aromatic heterocycles. The Balaban J connectivity index is 1.81. The SMILES string of the molecule is CC(=O)OC[C@]12[C@H](OC(=O)c3ccccc3)C(=O)[C@@H]3[C@@H](OC(C)=O)[C@]1(OC3(C)C)[C@@](C)(O)C[C@H](OC(C)=O)[C@@H]2OC(=O)/C=C/c1ccccc1. The van der Waals surface area contributed by atoms with Crippen molar-refractivity contribution >= 4 is 41.7 Å². The van der Waals surface area contributed by atoms with E-state index in [0.717, 1.165) is 26.8 Å². The standard InChI is InChI=1S/C37H40O13/c1-21(38)45-20-36-30(48-27(41)18-17-24-13-9-7-10-14-24)26(46-22(2)39)19-35(6,44)37(36)31(47-23(3)40)28(34(4,5)50-37)29(42)32(36)49-33(43)25-15-11-8-12-16-25/h7-18,26,28,30-32,44H,19-20H2,1-6H3/b18-17+/t26-,28+,30-,31+,32+,35-,36-,37-/m0/s1. The molecule has 50 heavy (non-hydrogen) atoms. The molecule has 1 spiro atoms. The van der Waals surface area contributed by atoms with Crippen molar-refractivity contribution in [1.82, 2.24) is 0 Å². The lowest BCUT2D eigenvalue weighted by Crippen LogP contribution is -2.85. The molecule has 2 bridgehead atoms. The fourth-order valence-electron chi connectivity index (χ4n) is 7.98. The Bertz CT molecular complexity index is 1700. The Labute approximate surface area is 288 Å². The predicted octanol–water partition coefficient (Wildman–Crippen LogP) is 3.15. The first-order valence-corrected chi connectivity index (χ1v) is 16.1. The van der Waals surface area contributed by atoms with Crippen LogP contribution < -0.4 is 0 Å². The Morgan fingerprint density at radius 1 is 0.820 bits per heavy atom. The van der Waals surface area contributed by atoms with Crippen molar-refractivity contribution in [2.75, 3.05) is 6.61 Å². The number of ether oxygens (including phenoxy) is 6. The van der Waals surface area contributed by atoms with Crippen LogP contribution in [0.2, 0.25) is 0 Å². The van der Waals surface area contributed by atoms with Crippen molar-refractivity contribution in [1.29, 1.82) is 0 Å². The number of rotatable bonds is 9. The average molecular weight is 693 g/mol. The summed E-state index contributed by atoms with van der Waals surface area (Å²) in [5.41, 5.74) is -7.68. The van der Waals surface area contributed by atoms with Crippen molar-refractivity contribution in [2.45, 2.75) is 89.2 Å². The van der Waals surface area contributed by atoms with E-state index < -0.39 is 101 Å². The molecule has 2 aromatic rings. The lowest BCUT2D eigenvalue weighted by Gasteiger charge is -2.65. The van der Waals surface area contributed by atoms with Gasteiger partial charge >= 0.3 is 29.8 Å². The summed E-state index contributed by atoms with van der Waals surface area (Å²) in [6.07, 6.45) is -4.80. The minimum atomic E-state index is -2.39. The van der Waals surface area contributed by atoms with Crippen molar-refractivity contribution in [2.24, 2.45) is 11.3 Å². The summed E-state index contributed by atoms with van der Waals surface area (Å²) in [5.74, 6) is -6.67. The van der Waals surface area contributed by atoms with Gasteiger partial charge < -0.3 is 33.5 Å². The molecule has 0 unspecified atom stereocenters. The summed E-state index contributed by atoms with van der Waals surface area (Å²) in [6.45, 7) is 6.80. The van der Waals surface area contributed by atoms with E-state index in [1.165, 1.54) is 39.0 Å². The molecule has 3 fully saturated rings. The molecular formula is C37H40O13. The highest BCUT2D eigenvalue weighted by atomic mass is 16.6. The first kappa shape index (κ1) is 36.4. The van der Waals surface area contributed by atoms with E-state index in [1.807, 2.05) is 0 Å². The normalized spacial score (nSPS) is 32.4. The van der Waals surface area contributed by atoms with Crippen molar-refractivity contribution < 1.29 is 62.3 Å². The van der Waals surface area contributed by atoms with E-state index in [9.17, 15) is 33.9 Å². The van der Waals surface area contributed by atoms with Gasteiger partial charge in [-0.25, -0.2) is 9.59 Å². The second-order valence-electron chi connectivity index (χ2n) is 13.6. The molecule has 2 saturated carbocycles. The minimum Gasteiger partial charge on any atom is -0.465 e. The molecule has 2 aromatic carbocycles. The van der Waals surface area contributed by atoms with Gasteiger partial charge in [0.15, 0.2) is 23.6 Å². The van der Waals surface area contributed by atoms with Crippen LogP contribution in [0.3, 0.4) is 0 Å². The molecule has 13 heteroatoms. The Hall–Kier alpha value is -4.88. The maximum absolute atomic E-state index is 14.9. The lowest BCUT2D eigenvalue weighted by atomic mass is 9.46. The Morgan fingerprint density at radius 3 is 2.00 bits per heavy atom. The van der Waals surface area contributed by atoms with Crippen LogP contribution >= 0.6 is 0 Å². The summed E-state index contributed by atoms with van der Waals surface area (Å²) in [5, 5.41) is 12.6. The van der Waals surface area contributed by atoms with Gasteiger partial charge in [-0.1, -0.05) is 48.5 Å². The van der Waals surface area contributed by atoms with E-state index in [4.69, 9.17) is 28.4 Å². The van der Waals surface area contributed by atoms with Crippen LogP contribution in [-0.2, 0) is 52.4 Å². The third-order valence-electron chi connectivity index (χ3n) is 9.66. The van der Waals surface area contributed by atoms with Gasteiger partial charge in [-0.2, -0.15) is 0 Å². The van der Waals surface area contributed by atoms with Crippen molar-refractivity contribution in [3.63, 3.8) is 0 Å². The van der Waals surface area contributed by atoms with Gasteiger partial charge in [0.2, 0.25) is 0 Å². The number of hydrogen-bond acceptors (Lipinski definition) is 13. The van der Waals surface area contributed by atoms with E-state index in [1.54, 1.807) is 48.5 Å². The molecule has 5 rings (SSSR count). The number of carbonyl (C=O) groups is 6. The molecule has 0 amide bonds. The largest absolute Gasteiger partial charge is 0.465 e. The summed E-state index contributed by atoms with van der Waals surface area (Å²) in [7, 11) is 0. The van der Waals surface area contributed by atoms with E-state index in [2.05, 4.69) is 0 Å². The van der Waals surface area contributed by atoms with E-state index >= 15 is 0 Å². The van der Waals surface area contributed by atoms with Crippen molar-refractivity contribution in [3.8, 4) is 0 Å². The van der Waals surface area contributed by atoms with Crippen LogP contribution in [0.5, 0.6) is 0 Å². The fraction of sp³-hybridized carbons (Fsp3) is 0.459. The van der Waals surface area contributed by atoms with Gasteiger partial charge in [-0.3, -0.25) is 19.2 Å². The van der Waals surface area contributed by atoms with Gasteiger partial charge in [0.1, 0.15) is 24.2 Å². The van der Waals surface area contributed by atoms with Gasteiger partial charge in [0.05, 0.1) is 22.7 Å². The van der Waals surface area contributed by atoms with Crippen LogP contribution in [0.25, 0.3) is 6.08 Å². The molecule has 3 aliphatic rings. The fourth-order valence-corrected chi connectivity index (χ4v) is 7.98. The van der Waals surface area contributed by atoms with Crippen LogP contribution in [0.4, 0.5) is 0 Å². The average Bonchev–Trinajstić information content (AvgIpc) is 3.25. The number of aliphatic hydroxyl groups is 1. The summed E-state index contributed by atoms with van der Waals surface area (Å²) >= 11 is 0. The first-order chi connectivity index (χ1) is 23.5. The quantitative estimate of drug-likeness (QED) is 0.231. The third-order valence-corrected chi connectivity index (χ3v) is 9.66. The van der Waals surface area contributed by atoms with Crippen LogP contribution in [-0.4, -0.2) is 88.6 Å². The lowest BCUT2D eigenvalue weighted by molar-refractivity contribution is -0.350. The molecule has 266 valence electrons.